The Balaban J connectivity index is 2.17. The van der Waals surface area contributed by atoms with Crippen LogP contribution < -0.4 is 5.73 Å². The molecule has 17 heavy (non-hydrogen) atoms. The van der Waals surface area contributed by atoms with Gasteiger partial charge in [0.05, 0.1) is 5.02 Å². The summed E-state index contributed by atoms with van der Waals surface area (Å²) in [5, 5.41) is 1.62. The number of benzene rings is 1. The number of aromatic nitrogens is 2. The van der Waals surface area contributed by atoms with Crippen molar-refractivity contribution in [3.8, 4) is 0 Å². The highest BCUT2D eigenvalue weighted by molar-refractivity contribution is 7.99. The Bertz CT molecular complexity index is 490. The van der Waals surface area contributed by atoms with Gasteiger partial charge in [0, 0.05) is 11.1 Å². The Morgan fingerprint density at radius 1 is 1.29 bits per heavy atom. The lowest BCUT2D eigenvalue weighted by Gasteiger charge is -2.05. The summed E-state index contributed by atoms with van der Waals surface area (Å²) >= 11 is 7.74. The van der Waals surface area contributed by atoms with Crippen molar-refractivity contribution in [3.05, 3.63) is 47.4 Å². The molecule has 0 aliphatic rings. The molecule has 2 N–H and O–H groups in total. The van der Waals surface area contributed by atoms with E-state index in [4.69, 9.17) is 17.3 Å². The summed E-state index contributed by atoms with van der Waals surface area (Å²) in [6, 6.07) is 7.86. The SMILES string of the molecule is NCCc1ccc(Sc2ccncn2)c(Cl)c1. The van der Waals surface area contributed by atoms with Crippen LogP contribution in [-0.4, -0.2) is 16.5 Å². The molecule has 0 aliphatic carbocycles. The van der Waals surface area contributed by atoms with Crippen LogP contribution in [-0.2, 0) is 6.42 Å². The molecular formula is C12H12ClN3S. The first-order chi connectivity index (χ1) is 8.29. The lowest BCUT2D eigenvalue weighted by Crippen LogP contribution is -2.02. The molecule has 0 aliphatic heterocycles. The highest BCUT2D eigenvalue weighted by Gasteiger charge is 2.04. The standard InChI is InChI=1S/C12H12ClN3S/c13-10-7-9(3-5-14)1-2-11(10)17-12-4-6-15-8-16-12/h1-2,4,6-8H,3,5,14H2. The van der Waals surface area contributed by atoms with Gasteiger partial charge in [-0.1, -0.05) is 29.4 Å². The van der Waals surface area contributed by atoms with Gasteiger partial charge in [-0.05, 0) is 36.7 Å². The summed E-state index contributed by atoms with van der Waals surface area (Å²) < 4.78 is 0. The van der Waals surface area contributed by atoms with Gasteiger partial charge in [-0.25, -0.2) is 9.97 Å². The van der Waals surface area contributed by atoms with Crippen molar-refractivity contribution in [2.75, 3.05) is 6.54 Å². The number of rotatable bonds is 4. The lowest BCUT2D eigenvalue weighted by atomic mass is 10.1. The second-order valence-corrected chi connectivity index (χ2v) is 4.92. The quantitative estimate of drug-likeness (QED) is 0.864. The van der Waals surface area contributed by atoms with Crippen LogP contribution in [0.15, 0.2) is 46.7 Å². The van der Waals surface area contributed by atoms with Crippen molar-refractivity contribution in [2.45, 2.75) is 16.3 Å². The van der Waals surface area contributed by atoms with E-state index in [1.54, 1.807) is 6.20 Å². The normalized spacial score (nSPS) is 10.5. The number of halogens is 1. The van der Waals surface area contributed by atoms with E-state index >= 15 is 0 Å². The molecule has 0 unspecified atom stereocenters. The Kier molecular flexibility index (Phi) is 4.36. The van der Waals surface area contributed by atoms with Gasteiger partial charge in [0.15, 0.2) is 0 Å². The molecule has 3 nitrogen and oxygen atoms in total. The smallest absolute Gasteiger partial charge is 0.116 e. The third-order valence-electron chi connectivity index (χ3n) is 2.20. The van der Waals surface area contributed by atoms with Crippen LogP contribution in [0.5, 0.6) is 0 Å². The van der Waals surface area contributed by atoms with Gasteiger partial charge in [0.1, 0.15) is 11.4 Å². The molecule has 0 fully saturated rings. The highest BCUT2D eigenvalue weighted by atomic mass is 35.5. The maximum absolute atomic E-state index is 6.21. The molecule has 1 aromatic heterocycles. The lowest BCUT2D eigenvalue weighted by molar-refractivity contribution is 0.966. The Morgan fingerprint density at radius 2 is 2.18 bits per heavy atom. The molecule has 0 amide bonds. The summed E-state index contributed by atoms with van der Waals surface area (Å²) in [5.74, 6) is 0. The molecule has 88 valence electrons. The zero-order valence-electron chi connectivity index (χ0n) is 9.14. The summed E-state index contributed by atoms with van der Waals surface area (Å²) in [4.78, 5) is 9.02. The number of hydrogen-bond donors (Lipinski definition) is 1. The van der Waals surface area contributed by atoms with Gasteiger partial charge in [-0.2, -0.15) is 0 Å². The summed E-state index contributed by atoms with van der Waals surface area (Å²) in [6.45, 7) is 0.634. The van der Waals surface area contributed by atoms with E-state index in [-0.39, 0.29) is 0 Å². The minimum Gasteiger partial charge on any atom is -0.330 e. The maximum Gasteiger partial charge on any atom is 0.116 e. The summed E-state index contributed by atoms with van der Waals surface area (Å²) in [6.07, 6.45) is 4.09. The van der Waals surface area contributed by atoms with Crippen LogP contribution in [0.25, 0.3) is 0 Å². The number of nitrogens with two attached hydrogens (primary N) is 1. The van der Waals surface area contributed by atoms with Crippen molar-refractivity contribution in [1.82, 2.24) is 9.97 Å². The average molecular weight is 266 g/mol. The fourth-order valence-electron chi connectivity index (χ4n) is 1.40. The van der Waals surface area contributed by atoms with Crippen molar-refractivity contribution < 1.29 is 0 Å². The highest BCUT2D eigenvalue weighted by Crippen LogP contribution is 2.32. The molecule has 5 heteroatoms. The Hall–Kier alpha value is -1.10. The van der Waals surface area contributed by atoms with E-state index < -0.39 is 0 Å². The van der Waals surface area contributed by atoms with E-state index in [0.29, 0.717) is 6.54 Å². The van der Waals surface area contributed by atoms with E-state index in [2.05, 4.69) is 9.97 Å². The van der Waals surface area contributed by atoms with Crippen LogP contribution in [0, 0.1) is 0 Å². The molecule has 0 saturated heterocycles. The van der Waals surface area contributed by atoms with Gasteiger partial charge in [0.25, 0.3) is 0 Å². The summed E-state index contributed by atoms with van der Waals surface area (Å²) in [5.41, 5.74) is 6.66. The second kappa shape index (κ2) is 6.00. The molecule has 1 aromatic carbocycles. The minimum absolute atomic E-state index is 0.634. The van der Waals surface area contributed by atoms with Crippen molar-refractivity contribution in [1.29, 1.82) is 0 Å². The first-order valence-electron chi connectivity index (χ1n) is 5.22. The van der Waals surface area contributed by atoms with Crippen LogP contribution in [0.2, 0.25) is 5.02 Å². The van der Waals surface area contributed by atoms with Crippen molar-refractivity contribution >= 4 is 23.4 Å². The number of nitrogens with zero attached hydrogens (tertiary/aromatic N) is 2. The predicted octanol–water partition coefficient (Wildman–Crippen LogP) is 2.78. The molecule has 0 bridgehead atoms. The molecule has 0 saturated carbocycles. The molecular weight excluding hydrogens is 254 g/mol. The molecule has 1 heterocycles. The zero-order valence-corrected chi connectivity index (χ0v) is 10.7. The van der Waals surface area contributed by atoms with Gasteiger partial charge in [-0.3, -0.25) is 0 Å². The fourth-order valence-corrected chi connectivity index (χ4v) is 2.47. The van der Waals surface area contributed by atoms with E-state index in [1.807, 2.05) is 24.3 Å². The van der Waals surface area contributed by atoms with Gasteiger partial charge < -0.3 is 5.73 Å². The largest absolute Gasteiger partial charge is 0.330 e. The summed E-state index contributed by atoms with van der Waals surface area (Å²) in [7, 11) is 0. The molecule has 0 radical (unpaired) electrons. The molecule has 0 spiro atoms. The van der Waals surface area contributed by atoms with Gasteiger partial charge in [0.2, 0.25) is 0 Å². The van der Waals surface area contributed by atoms with Crippen LogP contribution in [0.3, 0.4) is 0 Å². The Labute approximate surface area is 109 Å². The van der Waals surface area contributed by atoms with Gasteiger partial charge in [-0.15, -0.1) is 0 Å². The first-order valence-corrected chi connectivity index (χ1v) is 6.41. The van der Waals surface area contributed by atoms with Crippen molar-refractivity contribution in [2.24, 2.45) is 5.73 Å². The monoisotopic (exact) mass is 265 g/mol. The average Bonchev–Trinajstić information content (AvgIpc) is 2.34. The van der Waals surface area contributed by atoms with Gasteiger partial charge >= 0.3 is 0 Å². The number of hydrogen-bond acceptors (Lipinski definition) is 4. The van der Waals surface area contributed by atoms with E-state index in [9.17, 15) is 0 Å². The third-order valence-corrected chi connectivity index (χ3v) is 3.65. The topological polar surface area (TPSA) is 51.8 Å². The maximum atomic E-state index is 6.21. The van der Waals surface area contributed by atoms with Crippen molar-refractivity contribution in [3.63, 3.8) is 0 Å². The molecule has 2 rings (SSSR count). The minimum atomic E-state index is 0.634. The van der Waals surface area contributed by atoms with E-state index in [0.717, 1.165) is 26.9 Å². The third kappa shape index (κ3) is 3.43. The van der Waals surface area contributed by atoms with E-state index in [1.165, 1.54) is 18.1 Å². The second-order valence-electron chi connectivity index (χ2n) is 3.45. The van der Waals surface area contributed by atoms with Crippen LogP contribution >= 0.6 is 23.4 Å². The predicted molar refractivity (Wildman–Crippen MR) is 70.4 cm³/mol. The van der Waals surface area contributed by atoms with Crippen LogP contribution in [0.1, 0.15) is 5.56 Å². The molecule has 0 atom stereocenters. The van der Waals surface area contributed by atoms with Crippen LogP contribution in [0.4, 0.5) is 0 Å². The Morgan fingerprint density at radius 3 is 2.82 bits per heavy atom. The molecule has 2 aromatic rings. The first kappa shape index (κ1) is 12.4. The zero-order chi connectivity index (χ0) is 12.1. The fraction of sp³-hybridized carbons (Fsp3) is 0.167.